The second-order valence-electron chi connectivity index (χ2n) is 3.10. The van der Waals surface area contributed by atoms with Crippen LogP contribution in [0.25, 0.3) is 11.1 Å². The Hall–Kier alpha value is -1.94. The van der Waals surface area contributed by atoms with E-state index in [0.717, 1.165) is 5.56 Å². The van der Waals surface area contributed by atoms with E-state index < -0.39 is 5.97 Å². The van der Waals surface area contributed by atoms with Crippen LogP contribution in [0, 0.1) is 0 Å². The molecule has 16 heavy (non-hydrogen) atoms. The van der Waals surface area contributed by atoms with Crippen molar-refractivity contribution in [2.24, 2.45) is 0 Å². The topological polar surface area (TPSA) is 63.1 Å². The SMILES string of the molecule is O=C(O)c1cnc(Cl)c(-c2ccncc2)c1. The number of hydrogen-bond donors (Lipinski definition) is 1. The number of aromatic carboxylic acids is 1. The molecule has 0 spiro atoms. The largest absolute Gasteiger partial charge is 0.478 e. The lowest BCUT2D eigenvalue weighted by Crippen LogP contribution is -1.98. The fourth-order valence-electron chi connectivity index (χ4n) is 1.30. The Kier molecular flexibility index (Phi) is 2.83. The lowest BCUT2D eigenvalue weighted by molar-refractivity contribution is 0.0696. The zero-order valence-electron chi connectivity index (χ0n) is 8.09. The summed E-state index contributed by atoms with van der Waals surface area (Å²) in [6.45, 7) is 0. The van der Waals surface area contributed by atoms with Gasteiger partial charge in [0.25, 0.3) is 0 Å². The summed E-state index contributed by atoms with van der Waals surface area (Å²) < 4.78 is 0. The van der Waals surface area contributed by atoms with Crippen molar-refractivity contribution in [1.29, 1.82) is 0 Å². The summed E-state index contributed by atoms with van der Waals surface area (Å²) in [5, 5.41) is 9.13. The van der Waals surface area contributed by atoms with E-state index in [1.807, 2.05) is 0 Å². The van der Waals surface area contributed by atoms with Gasteiger partial charge in [0.15, 0.2) is 0 Å². The summed E-state index contributed by atoms with van der Waals surface area (Å²) in [5.41, 5.74) is 1.48. The second kappa shape index (κ2) is 4.28. The number of carboxylic acids is 1. The van der Waals surface area contributed by atoms with Crippen LogP contribution in [0.2, 0.25) is 5.15 Å². The van der Waals surface area contributed by atoms with Gasteiger partial charge in [-0.25, -0.2) is 9.78 Å². The molecule has 0 aliphatic rings. The van der Waals surface area contributed by atoms with Crippen LogP contribution in [0.3, 0.4) is 0 Å². The Morgan fingerprint density at radius 3 is 2.62 bits per heavy atom. The van der Waals surface area contributed by atoms with Crippen LogP contribution in [0.15, 0.2) is 36.8 Å². The lowest BCUT2D eigenvalue weighted by Gasteiger charge is -2.04. The molecule has 0 amide bonds. The van der Waals surface area contributed by atoms with Crippen molar-refractivity contribution in [3.63, 3.8) is 0 Å². The van der Waals surface area contributed by atoms with E-state index in [1.54, 1.807) is 24.5 Å². The molecule has 0 saturated heterocycles. The van der Waals surface area contributed by atoms with Gasteiger partial charge in [0.05, 0.1) is 5.56 Å². The van der Waals surface area contributed by atoms with Gasteiger partial charge in [-0.05, 0) is 23.8 Å². The first-order valence-corrected chi connectivity index (χ1v) is 4.85. The van der Waals surface area contributed by atoms with E-state index in [4.69, 9.17) is 16.7 Å². The molecule has 0 aliphatic carbocycles. The third-order valence-electron chi connectivity index (χ3n) is 2.08. The molecule has 0 saturated carbocycles. The molecule has 0 radical (unpaired) electrons. The molecule has 2 aromatic rings. The summed E-state index contributed by atoms with van der Waals surface area (Å²) in [6, 6.07) is 4.98. The first-order valence-electron chi connectivity index (χ1n) is 4.47. The van der Waals surface area contributed by atoms with Gasteiger partial charge in [0.2, 0.25) is 0 Å². The van der Waals surface area contributed by atoms with E-state index in [0.29, 0.717) is 5.56 Å². The number of carboxylic acid groups (broad SMARTS) is 1. The second-order valence-corrected chi connectivity index (χ2v) is 3.46. The van der Waals surface area contributed by atoms with E-state index >= 15 is 0 Å². The maximum Gasteiger partial charge on any atom is 0.337 e. The van der Waals surface area contributed by atoms with E-state index in [1.165, 1.54) is 12.3 Å². The number of rotatable bonds is 2. The van der Waals surface area contributed by atoms with E-state index in [-0.39, 0.29) is 10.7 Å². The number of aromatic nitrogens is 2. The highest BCUT2D eigenvalue weighted by Gasteiger charge is 2.09. The van der Waals surface area contributed by atoms with Gasteiger partial charge in [-0.15, -0.1) is 0 Å². The minimum atomic E-state index is -1.03. The maximum absolute atomic E-state index is 10.8. The molecule has 2 rings (SSSR count). The van der Waals surface area contributed by atoms with Crippen LogP contribution in [0.4, 0.5) is 0 Å². The van der Waals surface area contributed by atoms with E-state index in [9.17, 15) is 4.79 Å². The molecule has 0 bridgehead atoms. The first kappa shape index (κ1) is 10.6. The van der Waals surface area contributed by atoms with Crippen molar-refractivity contribution in [2.75, 3.05) is 0 Å². The molecule has 0 aliphatic heterocycles. The summed E-state index contributed by atoms with van der Waals surface area (Å²) in [6.07, 6.45) is 4.45. The van der Waals surface area contributed by atoms with E-state index in [2.05, 4.69) is 9.97 Å². The molecule has 2 aromatic heterocycles. The van der Waals surface area contributed by atoms with Gasteiger partial charge in [0, 0.05) is 24.2 Å². The van der Waals surface area contributed by atoms with Crippen LogP contribution < -0.4 is 0 Å². The summed E-state index contributed by atoms with van der Waals surface area (Å²) in [4.78, 5) is 18.5. The molecule has 0 aromatic carbocycles. The Morgan fingerprint density at radius 2 is 2.00 bits per heavy atom. The molecular weight excluding hydrogens is 228 g/mol. The average Bonchev–Trinajstić information content (AvgIpc) is 2.30. The van der Waals surface area contributed by atoms with Crippen molar-refractivity contribution >= 4 is 17.6 Å². The first-order chi connectivity index (χ1) is 7.68. The van der Waals surface area contributed by atoms with Gasteiger partial charge in [-0.1, -0.05) is 11.6 Å². The van der Waals surface area contributed by atoms with Gasteiger partial charge in [-0.3, -0.25) is 4.98 Å². The third-order valence-corrected chi connectivity index (χ3v) is 2.38. The van der Waals surface area contributed by atoms with Crippen LogP contribution in [0.5, 0.6) is 0 Å². The van der Waals surface area contributed by atoms with Crippen molar-refractivity contribution in [3.8, 4) is 11.1 Å². The van der Waals surface area contributed by atoms with Crippen LogP contribution in [0.1, 0.15) is 10.4 Å². The Labute approximate surface area is 96.6 Å². The van der Waals surface area contributed by atoms with Crippen molar-refractivity contribution in [1.82, 2.24) is 9.97 Å². The van der Waals surface area contributed by atoms with Crippen molar-refractivity contribution in [2.45, 2.75) is 0 Å². The summed E-state index contributed by atoms with van der Waals surface area (Å²) in [7, 11) is 0. The highest BCUT2D eigenvalue weighted by atomic mass is 35.5. The monoisotopic (exact) mass is 234 g/mol. The quantitative estimate of drug-likeness (QED) is 0.811. The number of hydrogen-bond acceptors (Lipinski definition) is 3. The summed E-state index contributed by atoms with van der Waals surface area (Å²) >= 11 is 5.91. The number of halogens is 1. The fraction of sp³-hybridized carbons (Fsp3) is 0. The number of nitrogens with zero attached hydrogens (tertiary/aromatic N) is 2. The minimum Gasteiger partial charge on any atom is -0.478 e. The zero-order chi connectivity index (χ0) is 11.5. The normalized spacial score (nSPS) is 10.1. The maximum atomic E-state index is 10.8. The fourth-order valence-corrected chi connectivity index (χ4v) is 1.51. The Bertz CT molecular complexity index is 529. The Balaban J connectivity index is 2.56. The summed E-state index contributed by atoms with van der Waals surface area (Å²) in [5.74, 6) is -1.03. The standard InChI is InChI=1S/C11H7ClN2O2/c12-10-9(7-1-3-13-4-2-7)5-8(6-14-10)11(15)16/h1-6H,(H,15,16). The van der Waals surface area contributed by atoms with Gasteiger partial charge >= 0.3 is 5.97 Å². The molecular formula is C11H7ClN2O2. The third kappa shape index (κ3) is 2.01. The molecule has 5 heteroatoms. The zero-order valence-corrected chi connectivity index (χ0v) is 8.85. The predicted molar refractivity (Wildman–Crippen MR) is 59.4 cm³/mol. The molecule has 80 valence electrons. The molecule has 0 unspecified atom stereocenters. The van der Waals surface area contributed by atoms with Crippen molar-refractivity contribution in [3.05, 3.63) is 47.5 Å². The number of carbonyl (C=O) groups is 1. The number of pyridine rings is 2. The van der Waals surface area contributed by atoms with Crippen molar-refractivity contribution < 1.29 is 9.90 Å². The molecule has 2 heterocycles. The Morgan fingerprint density at radius 1 is 1.31 bits per heavy atom. The molecule has 0 fully saturated rings. The van der Waals surface area contributed by atoms with Gasteiger partial charge in [-0.2, -0.15) is 0 Å². The predicted octanol–water partition coefficient (Wildman–Crippen LogP) is 2.50. The minimum absolute atomic E-state index is 0.108. The van der Waals surface area contributed by atoms with Crippen LogP contribution >= 0.6 is 11.6 Å². The molecule has 4 nitrogen and oxygen atoms in total. The highest BCUT2D eigenvalue weighted by molar-refractivity contribution is 6.32. The van der Waals surface area contributed by atoms with Crippen LogP contribution in [-0.4, -0.2) is 21.0 Å². The lowest BCUT2D eigenvalue weighted by atomic mass is 10.1. The van der Waals surface area contributed by atoms with Gasteiger partial charge in [0.1, 0.15) is 5.15 Å². The highest BCUT2D eigenvalue weighted by Crippen LogP contribution is 2.26. The molecule has 0 atom stereocenters. The van der Waals surface area contributed by atoms with Gasteiger partial charge < -0.3 is 5.11 Å². The van der Waals surface area contributed by atoms with Crippen LogP contribution in [-0.2, 0) is 0 Å². The average molecular weight is 235 g/mol. The smallest absolute Gasteiger partial charge is 0.337 e. The molecule has 1 N–H and O–H groups in total.